The van der Waals surface area contributed by atoms with Crippen LogP contribution >= 0.6 is 0 Å². The molecule has 0 aliphatic carbocycles. The zero-order valence-electron chi connectivity index (χ0n) is 12.5. The molecule has 1 heterocycles. The molecule has 21 heavy (non-hydrogen) atoms. The summed E-state index contributed by atoms with van der Waals surface area (Å²) < 4.78 is 1.61. The SMILES string of the molecule is Cc1ccc(C(=O)CCC(=O)Nc2ccn(C)n2)cc1C. The zero-order chi connectivity index (χ0) is 15.4. The van der Waals surface area contributed by atoms with Crippen LogP contribution in [0.25, 0.3) is 0 Å². The van der Waals surface area contributed by atoms with Crippen LogP contribution in [0.4, 0.5) is 5.82 Å². The molecule has 0 saturated heterocycles. The number of aryl methyl sites for hydroxylation is 3. The lowest BCUT2D eigenvalue weighted by molar-refractivity contribution is -0.116. The van der Waals surface area contributed by atoms with Crippen molar-refractivity contribution in [3.63, 3.8) is 0 Å². The molecule has 0 spiro atoms. The minimum Gasteiger partial charge on any atom is -0.309 e. The minimum absolute atomic E-state index is 0.0192. The van der Waals surface area contributed by atoms with E-state index in [1.165, 1.54) is 0 Å². The third kappa shape index (κ3) is 4.02. The van der Waals surface area contributed by atoms with Gasteiger partial charge in [0.2, 0.25) is 5.91 Å². The summed E-state index contributed by atoms with van der Waals surface area (Å²) >= 11 is 0. The van der Waals surface area contributed by atoms with E-state index in [-0.39, 0.29) is 24.5 Å². The first-order valence-electron chi connectivity index (χ1n) is 6.85. The fourth-order valence-corrected chi connectivity index (χ4v) is 1.97. The van der Waals surface area contributed by atoms with Gasteiger partial charge in [0, 0.05) is 37.7 Å². The molecule has 1 aromatic carbocycles. The molecular formula is C16H19N3O2. The van der Waals surface area contributed by atoms with Crippen LogP contribution in [-0.2, 0) is 11.8 Å². The van der Waals surface area contributed by atoms with E-state index in [1.807, 2.05) is 26.0 Å². The second kappa shape index (κ2) is 6.35. The predicted molar refractivity (Wildman–Crippen MR) is 81.3 cm³/mol. The molecule has 0 fully saturated rings. The van der Waals surface area contributed by atoms with Crippen LogP contribution in [-0.4, -0.2) is 21.5 Å². The van der Waals surface area contributed by atoms with Crippen molar-refractivity contribution in [3.8, 4) is 0 Å². The van der Waals surface area contributed by atoms with E-state index in [2.05, 4.69) is 10.4 Å². The van der Waals surface area contributed by atoms with E-state index < -0.39 is 0 Å². The van der Waals surface area contributed by atoms with E-state index in [4.69, 9.17) is 0 Å². The van der Waals surface area contributed by atoms with Gasteiger partial charge in [0.1, 0.15) is 0 Å². The van der Waals surface area contributed by atoms with E-state index in [0.29, 0.717) is 11.4 Å². The molecule has 1 amide bonds. The molecule has 0 bridgehead atoms. The van der Waals surface area contributed by atoms with Crippen LogP contribution in [0.5, 0.6) is 0 Å². The highest BCUT2D eigenvalue weighted by Gasteiger charge is 2.11. The molecule has 1 N–H and O–H groups in total. The van der Waals surface area contributed by atoms with Gasteiger partial charge >= 0.3 is 0 Å². The normalized spacial score (nSPS) is 10.4. The lowest BCUT2D eigenvalue weighted by Gasteiger charge is -2.05. The largest absolute Gasteiger partial charge is 0.309 e. The van der Waals surface area contributed by atoms with Crippen molar-refractivity contribution >= 4 is 17.5 Å². The minimum atomic E-state index is -0.203. The van der Waals surface area contributed by atoms with Crippen molar-refractivity contribution in [2.45, 2.75) is 26.7 Å². The van der Waals surface area contributed by atoms with Crippen LogP contribution in [0.15, 0.2) is 30.5 Å². The topological polar surface area (TPSA) is 64.0 Å². The number of nitrogens with one attached hydrogen (secondary N) is 1. The first-order chi connectivity index (χ1) is 9.95. The molecule has 0 unspecified atom stereocenters. The second-order valence-electron chi connectivity index (χ2n) is 5.15. The van der Waals surface area contributed by atoms with Gasteiger partial charge in [-0.3, -0.25) is 14.3 Å². The van der Waals surface area contributed by atoms with Crippen molar-refractivity contribution < 1.29 is 9.59 Å². The van der Waals surface area contributed by atoms with E-state index in [9.17, 15) is 9.59 Å². The maximum atomic E-state index is 12.1. The third-order valence-electron chi connectivity index (χ3n) is 3.39. The lowest BCUT2D eigenvalue weighted by Crippen LogP contribution is -2.14. The van der Waals surface area contributed by atoms with Gasteiger partial charge in [0.15, 0.2) is 11.6 Å². The van der Waals surface area contributed by atoms with Gasteiger partial charge in [-0.1, -0.05) is 12.1 Å². The molecule has 0 atom stereocenters. The van der Waals surface area contributed by atoms with Gasteiger partial charge < -0.3 is 5.32 Å². The Morgan fingerprint density at radius 1 is 1.14 bits per heavy atom. The molecule has 5 nitrogen and oxygen atoms in total. The average Bonchev–Trinajstić information content (AvgIpc) is 2.84. The van der Waals surface area contributed by atoms with Crippen LogP contribution in [0.2, 0.25) is 0 Å². The molecule has 2 aromatic rings. The number of benzene rings is 1. The maximum absolute atomic E-state index is 12.1. The summed E-state index contributed by atoms with van der Waals surface area (Å²) in [6.45, 7) is 3.98. The Kier molecular flexibility index (Phi) is 4.52. The Morgan fingerprint density at radius 3 is 2.52 bits per heavy atom. The number of Topliss-reactive ketones (excluding diaryl/α,β-unsaturated/α-hetero) is 1. The molecule has 1 aromatic heterocycles. The van der Waals surface area contributed by atoms with Gasteiger partial charge in [-0.2, -0.15) is 5.10 Å². The monoisotopic (exact) mass is 285 g/mol. The summed E-state index contributed by atoms with van der Waals surface area (Å²) in [5, 5.41) is 6.72. The first-order valence-corrected chi connectivity index (χ1v) is 6.85. The number of nitrogens with zero attached hydrogens (tertiary/aromatic N) is 2. The summed E-state index contributed by atoms with van der Waals surface area (Å²) in [4.78, 5) is 23.8. The summed E-state index contributed by atoms with van der Waals surface area (Å²) in [7, 11) is 1.78. The predicted octanol–water partition coefficient (Wildman–Crippen LogP) is 2.64. The van der Waals surface area contributed by atoms with Crippen LogP contribution < -0.4 is 5.32 Å². The second-order valence-corrected chi connectivity index (χ2v) is 5.15. The third-order valence-corrected chi connectivity index (χ3v) is 3.39. The summed E-state index contributed by atoms with van der Waals surface area (Å²) in [5.41, 5.74) is 2.89. The van der Waals surface area contributed by atoms with Gasteiger partial charge in [-0.15, -0.1) is 0 Å². The van der Waals surface area contributed by atoms with Crippen molar-refractivity contribution in [2.75, 3.05) is 5.32 Å². The molecule has 0 radical (unpaired) electrons. The van der Waals surface area contributed by atoms with Crippen LogP contribution in [0, 0.1) is 13.8 Å². The average molecular weight is 285 g/mol. The Hall–Kier alpha value is -2.43. The Bertz CT molecular complexity index is 674. The molecular weight excluding hydrogens is 266 g/mol. The van der Waals surface area contributed by atoms with E-state index in [0.717, 1.165) is 11.1 Å². The first kappa shape index (κ1) is 15.0. The van der Waals surface area contributed by atoms with Crippen molar-refractivity contribution in [1.29, 1.82) is 0 Å². The van der Waals surface area contributed by atoms with Gasteiger partial charge in [-0.25, -0.2) is 0 Å². The molecule has 110 valence electrons. The highest BCUT2D eigenvalue weighted by atomic mass is 16.2. The summed E-state index contributed by atoms with van der Waals surface area (Å²) in [6.07, 6.45) is 2.10. The standard InChI is InChI=1S/C16H19N3O2/c1-11-4-5-13(10-12(11)2)14(20)6-7-16(21)17-15-8-9-19(3)18-15/h4-5,8-10H,6-7H2,1-3H3,(H,17,18,21). The Labute approximate surface area is 124 Å². The zero-order valence-corrected chi connectivity index (χ0v) is 12.5. The molecule has 0 aliphatic heterocycles. The number of anilines is 1. The molecule has 0 saturated carbocycles. The van der Waals surface area contributed by atoms with Crippen LogP contribution in [0.3, 0.4) is 0 Å². The van der Waals surface area contributed by atoms with E-state index in [1.54, 1.807) is 30.1 Å². The molecule has 2 rings (SSSR count). The van der Waals surface area contributed by atoms with E-state index >= 15 is 0 Å². The Balaban J connectivity index is 1.88. The van der Waals surface area contributed by atoms with Gasteiger partial charge in [0.05, 0.1) is 0 Å². The van der Waals surface area contributed by atoms with Gasteiger partial charge in [0.25, 0.3) is 0 Å². The van der Waals surface area contributed by atoms with Crippen molar-refractivity contribution in [1.82, 2.24) is 9.78 Å². The number of hydrogen-bond donors (Lipinski definition) is 1. The summed E-state index contributed by atoms with van der Waals surface area (Å²) in [6, 6.07) is 7.31. The smallest absolute Gasteiger partial charge is 0.226 e. The number of amides is 1. The van der Waals surface area contributed by atoms with Gasteiger partial charge in [-0.05, 0) is 31.0 Å². The number of carbonyl (C=O) groups is 2. The quantitative estimate of drug-likeness (QED) is 0.859. The number of rotatable bonds is 5. The highest BCUT2D eigenvalue weighted by Crippen LogP contribution is 2.13. The maximum Gasteiger partial charge on any atom is 0.226 e. The highest BCUT2D eigenvalue weighted by molar-refractivity contribution is 5.99. The molecule has 0 aliphatic rings. The van der Waals surface area contributed by atoms with Crippen molar-refractivity contribution in [2.24, 2.45) is 7.05 Å². The van der Waals surface area contributed by atoms with Crippen LogP contribution in [0.1, 0.15) is 34.3 Å². The number of ketones is 1. The summed E-state index contributed by atoms with van der Waals surface area (Å²) in [5.74, 6) is 0.279. The number of aromatic nitrogens is 2. The Morgan fingerprint density at radius 2 is 1.90 bits per heavy atom. The number of hydrogen-bond acceptors (Lipinski definition) is 3. The molecule has 5 heteroatoms. The number of carbonyl (C=O) groups excluding carboxylic acids is 2. The van der Waals surface area contributed by atoms with Crippen molar-refractivity contribution in [3.05, 3.63) is 47.2 Å². The fourth-order valence-electron chi connectivity index (χ4n) is 1.97. The fraction of sp³-hybridized carbons (Fsp3) is 0.312. The lowest BCUT2D eigenvalue weighted by atomic mass is 10.0.